The lowest BCUT2D eigenvalue weighted by Gasteiger charge is -2.21. The topological polar surface area (TPSA) is 40.2 Å². The number of benzene rings is 1. The van der Waals surface area contributed by atoms with Crippen LogP contribution in [0, 0.1) is 17.1 Å². The van der Waals surface area contributed by atoms with Crippen LogP contribution in [-0.4, -0.2) is 10.9 Å². The van der Waals surface area contributed by atoms with E-state index in [0.29, 0.717) is 30.3 Å². The molecule has 1 heterocycles. The fourth-order valence-corrected chi connectivity index (χ4v) is 2.32. The van der Waals surface area contributed by atoms with E-state index in [9.17, 15) is 4.39 Å². The molecule has 1 aromatic heterocycles. The van der Waals surface area contributed by atoms with Gasteiger partial charge in [0.25, 0.3) is 0 Å². The summed E-state index contributed by atoms with van der Waals surface area (Å²) in [6.07, 6.45) is 3.96. The van der Waals surface area contributed by atoms with E-state index in [0.717, 1.165) is 18.6 Å². The van der Waals surface area contributed by atoms with Crippen LogP contribution in [0.1, 0.15) is 29.7 Å². The number of halogens is 1. The van der Waals surface area contributed by atoms with Crippen LogP contribution < -0.4 is 0 Å². The Kier molecular flexibility index (Phi) is 3.53. The number of nitrogens with zero attached hydrogens (tertiary/aromatic N) is 2. The van der Waals surface area contributed by atoms with Crippen LogP contribution >= 0.6 is 0 Å². The van der Waals surface area contributed by atoms with Crippen LogP contribution in [0.2, 0.25) is 0 Å². The molecule has 1 fully saturated rings. The lowest BCUT2D eigenvalue weighted by molar-refractivity contribution is 0.222. The van der Waals surface area contributed by atoms with Gasteiger partial charge >= 0.3 is 0 Å². The molecule has 0 saturated heterocycles. The van der Waals surface area contributed by atoms with Crippen LogP contribution in [0.5, 0.6) is 0 Å². The number of hydrogen-bond acceptors (Lipinski definition) is 3. The third-order valence-corrected chi connectivity index (χ3v) is 3.56. The molecule has 0 aliphatic heterocycles. The van der Waals surface area contributed by atoms with Crippen molar-refractivity contribution in [3.8, 4) is 6.07 Å². The van der Waals surface area contributed by atoms with Crippen LogP contribution in [-0.2, 0) is 13.1 Å². The summed E-state index contributed by atoms with van der Waals surface area (Å²) in [7, 11) is 0. The highest BCUT2D eigenvalue weighted by Gasteiger charge is 2.30. The van der Waals surface area contributed by atoms with E-state index in [4.69, 9.17) is 9.68 Å². The Labute approximate surface area is 117 Å². The first-order valence-electron chi connectivity index (χ1n) is 6.71. The van der Waals surface area contributed by atoms with Crippen molar-refractivity contribution < 1.29 is 8.81 Å². The average molecular weight is 270 g/mol. The van der Waals surface area contributed by atoms with E-state index in [1.54, 1.807) is 18.4 Å². The Morgan fingerprint density at radius 3 is 2.75 bits per heavy atom. The van der Waals surface area contributed by atoms with Gasteiger partial charge in [0.1, 0.15) is 11.6 Å². The molecule has 102 valence electrons. The van der Waals surface area contributed by atoms with Crippen molar-refractivity contribution in [1.82, 2.24) is 4.90 Å². The zero-order chi connectivity index (χ0) is 13.9. The molecule has 0 radical (unpaired) electrons. The first-order chi connectivity index (χ1) is 9.76. The number of nitriles is 1. The highest BCUT2D eigenvalue weighted by Crippen LogP contribution is 2.30. The van der Waals surface area contributed by atoms with E-state index in [-0.39, 0.29) is 5.82 Å². The molecule has 0 atom stereocenters. The van der Waals surface area contributed by atoms with Crippen molar-refractivity contribution in [3.63, 3.8) is 0 Å². The molecule has 0 unspecified atom stereocenters. The van der Waals surface area contributed by atoms with Gasteiger partial charge in [-0.15, -0.1) is 0 Å². The predicted molar refractivity (Wildman–Crippen MR) is 72.1 cm³/mol. The lowest BCUT2D eigenvalue weighted by atomic mass is 10.1. The van der Waals surface area contributed by atoms with Crippen LogP contribution in [0.15, 0.2) is 41.0 Å². The minimum Gasteiger partial charge on any atom is -0.468 e. The smallest absolute Gasteiger partial charge is 0.129 e. The lowest BCUT2D eigenvalue weighted by Crippen LogP contribution is -2.25. The van der Waals surface area contributed by atoms with Crippen LogP contribution in [0.4, 0.5) is 4.39 Å². The third-order valence-electron chi connectivity index (χ3n) is 3.56. The second-order valence-corrected chi connectivity index (χ2v) is 5.13. The zero-order valence-corrected chi connectivity index (χ0v) is 11.1. The van der Waals surface area contributed by atoms with Gasteiger partial charge in [-0.05, 0) is 37.1 Å². The quantitative estimate of drug-likeness (QED) is 0.835. The van der Waals surface area contributed by atoms with E-state index < -0.39 is 0 Å². The molecule has 0 amide bonds. The van der Waals surface area contributed by atoms with Crippen LogP contribution in [0.25, 0.3) is 0 Å². The molecular formula is C16H15FN2O. The fourth-order valence-electron chi connectivity index (χ4n) is 2.32. The van der Waals surface area contributed by atoms with E-state index in [1.807, 2.05) is 18.2 Å². The summed E-state index contributed by atoms with van der Waals surface area (Å²) in [6.45, 7) is 1.24. The molecule has 3 rings (SSSR count). The monoisotopic (exact) mass is 270 g/mol. The normalized spacial score (nSPS) is 14.4. The second kappa shape index (κ2) is 5.48. The molecule has 1 aliphatic rings. The summed E-state index contributed by atoms with van der Waals surface area (Å²) < 4.78 is 19.3. The van der Waals surface area contributed by atoms with Gasteiger partial charge in [-0.25, -0.2) is 4.39 Å². The van der Waals surface area contributed by atoms with Crippen molar-refractivity contribution in [2.75, 3.05) is 0 Å². The van der Waals surface area contributed by atoms with Gasteiger partial charge in [-0.2, -0.15) is 5.26 Å². The second-order valence-electron chi connectivity index (χ2n) is 5.13. The summed E-state index contributed by atoms with van der Waals surface area (Å²) in [5.41, 5.74) is 0.984. The van der Waals surface area contributed by atoms with Gasteiger partial charge in [0, 0.05) is 18.2 Å². The summed E-state index contributed by atoms with van der Waals surface area (Å²) in [5, 5.41) is 8.76. The van der Waals surface area contributed by atoms with Crippen molar-refractivity contribution in [2.24, 2.45) is 0 Å². The molecule has 0 N–H and O–H groups in total. The Morgan fingerprint density at radius 1 is 1.30 bits per heavy atom. The Morgan fingerprint density at radius 2 is 2.15 bits per heavy atom. The molecule has 1 aliphatic carbocycles. The van der Waals surface area contributed by atoms with Gasteiger partial charge in [0.2, 0.25) is 0 Å². The SMILES string of the molecule is N#Cc1ccc(CN(Cc2ccco2)C2CC2)c(F)c1. The molecule has 20 heavy (non-hydrogen) atoms. The van der Waals surface area contributed by atoms with Gasteiger partial charge < -0.3 is 4.42 Å². The average Bonchev–Trinajstić information content (AvgIpc) is 3.18. The Hall–Kier alpha value is -2.12. The summed E-state index contributed by atoms with van der Waals surface area (Å²) in [4.78, 5) is 2.23. The number of hydrogen-bond donors (Lipinski definition) is 0. The van der Waals surface area contributed by atoms with Gasteiger partial charge in [-0.1, -0.05) is 6.07 Å². The summed E-state index contributed by atoms with van der Waals surface area (Å²) in [5.74, 6) is 0.583. The summed E-state index contributed by atoms with van der Waals surface area (Å²) >= 11 is 0. The molecular weight excluding hydrogens is 255 g/mol. The van der Waals surface area contributed by atoms with Crippen molar-refractivity contribution in [3.05, 3.63) is 59.3 Å². The minimum absolute atomic E-state index is 0.311. The van der Waals surface area contributed by atoms with Gasteiger partial charge in [0.05, 0.1) is 24.4 Å². The minimum atomic E-state index is -0.311. The maximum absolute atomic E-state index is 14.0. The largest absolute Gasteiger partial charge is 0.468 e. The highest BCUT2D eigenvalue weighted by atomic mass is 19.1. The zero-order valence-electron chi connectivity index (χ0n) is 11.1. The number of rotatable bonds is 5. The van der Waals surface area contributed by atoms with Gasteiger partial charge in [0.15, 0.2) is 0 Å². The molecule has 3 nitrogen and oxygen atoms in total. The van der Waals surface area contributed by atoms with Crippen molar-refractivity contribution >= 4 is 0 Å². The van der Waals surface area contributed by atoms with Crippen LogP contribution in [0.3, 0.4) is 0 Å². The Balaban J connectivity index is 1.75. The molecule has 4 heteroatoms. The molecule has 0 spiro atoms. The summed E-state index contributed by atoms with van der Waals surface area (Å²) in [6, 6.07) is 10.9. The van der Waals surface area contributed by atoms with Crippen molar-refractivity contribution in [1.29, 1.82) is 5.26 Å². The predicted octanol–water partition coefficient (Wildman–Crippen LogP) is 3.45. The molecule has 2 aromatic rings. The van der Waals surface area contributed by atoms with Gasteiger partial charge in [-0.3, -0.25) is 4.90 Å². The highest BCUT2D eigenvalue weighted by molar-refractivity contribution is 5.32. The van der Waals surface area contributed by atoms with E-state index >= 15 is 0 Å². The fraction of sp³-hybridized carbons (Fsp3) is 0.312. The maximum atomic E-state index is 14.0. The maximum Gasteiger partial charge on any atom is 0.129 e. The third kappa shape index (κ3) is 2.89. The molecule has 1 saturated carbocycles. The first-order valence-corrected chi connectivity index (χ1v) is 6.71. The first kappa shape index (κ1) is 12.9. The van der Waals surface area contributed by atoms with E-state index in [2.05, 4.69) is 4.90 Å². The van der Waals surface area contributed by atoms with Crippen molar-refractivity contribution in [2.45, 2.75) is 32.0 Å². The number of furan rings is 1. The Bertz CT molecular complexity index is 626. The standard InChI is InChI=1S/C16H15FN2O/c17-16-8-12(9-18)3-4-13(16)10-19(14-5-6-14)11-15-2-1-7-20-15/h1-4,7-8,14H,5-6,10-11H2. The molecule has 0 bridgehead atoms. The van der Waals surface area contributed by atoms with E-state index in [1.165, 1.54) is 6.07 Å². The molecule has 1 aromatic carbocycles.